The molecule has 2 aromatic rings. The van der Waals surface area contributed by atoms with Gasteiger partial charge in [-0.1, -0.05) is 30.3 Å². The Bertz CT molecular complexity index is 932. The van der Waals surface area contributed by atoms with E-state index < -0.39 is 21.7 Å². The summed E-state index contributed by atoms with van der Waals surface area (Å²) < 4.78 is 45.2. The van der Waals surface area contributed by atoms with Gasteiger partial charge >= 0.3 is 0 Å². The van der Waals surface area contributed by atoms with Crippen molar-refractivity contribution in [2.24, 2.45) is 0 Å². The fourth-order valence-corrected chi connectivity index (χ4v) is 4.72. The third-order valence-electron chi connectivity index (χ3n) is 4.85. The number of nitrogens with one attached hydrogen (secondary N) is 1. The van der Waals surface area contributed by atoms with Gasteiger partial charge in [-0.15, -0.1) is 0 Å². The second-order valence-corrected chi connectivity index (χ2v) is 9.05. The highest BCUT2D eigenvalue weighted by Crippen LogP contribution is 2.17. The largest absolute Gasteiger partial charge is 0.481 e. The van der Waals surface area contributed by atoms with E-state index in [0.717, 1.165) is 5.69 Å². The molecule has 1 aliphatic heterocycles. The summed E-state index contributed by atoms with van der Waals surface area (Å²) in [4.78, 5) is 14.0. The molecule has 0 aliphatic carbocycles. The number of ether oxygens (including phenoxy) is 1. The molecule has 162 valence electrons. The van der Waals surface area contributed by atoms with E-state index in [1.165, 1.54) is 22.5 Å². The Balaban J connectivity index is 1.35. The van der Waals surface area contributed by atoms with Crippen LogP contribution in [0.15, 0.2) is 54.6 Å². The van der Waals surface area contributed by atoms with Crippen molar-refractivity contribution in [1.82, 2.24) is 9.62 Å². The minimum atomic E-state index is -3.37. The van der Waals surface area contributed by atoms with Gasteiger partial charge in [0.25, 0.3) is 5.91 Å². The van der Waals surface area contributed by atoms with Gasteiger partial charge in [-0.2, -0.15) is 4.31 Å². The molecule has 0 spiro atoms. The van der Waals surface area contributed by atoms with Crippen molar-refractivity contribution in [2.75, 3.05) is 50.0 Å². The van der Waals surface area contributed by atoms with Gasteiger partial charge < -0.3 is 15.0 Å². The summed E-state index contributed by atoms with van der Waals surface area (Å²) in [6, 6.07) is 15.7. The second kappa shape index (κ2) is 10.4. The van der Waals surface area contributed by atoms with Crippen LogP contribution >= 0.6 is 0 Å². The lowest BCUT2D eigenvalue weighted by Gasteiger charge is -2.35. The quantitative estimate of drug-likeness (QED) is 0.609. The molecule has 1 fully saturated rings. The molecule has 2 aromatic carbocycles. The molecule has 7 nitrogen and oxygen atoms in total. The number of hydrogen-bond acceptors (Lipinski definition) is 5. The minimum absolute atomic E-state index is 0.00451. The van der Waals surface area contributed by atoms with Gasteiger partial charge in [0.15, 0.2) is 18.2 Å². The van der Waals surface area contributed by atoms with Crippen molar-refractivity contribution in [3.05, 3.63) is 60.4 Å². The van der Waals surface area contributed by atoms with Crippen LogP contribution in [-0.4, -0.2) is 63.7 Å². The molecule has 0 unspecified atom stereocenters. The van der Waals surface area contributed by atoms with Gasteiger partial charge in [-0.05, 0) is 30.7 Å². The van der Waals surface area contributed by atoms with Gasteiger partial charge in [0.05, 0.1) is 5.75 Å². The van der Waals surface area contributed by atoms with Crippen LogP contribution in [0, 0.1) is 5.82 Å². The zero-order valence-electron chi connectivity index (χ0n) is 16.7. The maximum Gasteiger partial charge on any atom is 0.257 e. The molecule has 1 aliphatic rings. The average molecular weight is 436 g/mol. The first-order chi connectivity index (χ1) is 14.5. The van der Waals surface area contributed by atoms with E-state index in [1.807, 2.05) is 30.3 Å². The Morgan fingerprint density at radius 3 is 2.37 bits per heavy atom. The Morgan fingerprint density at radius 1 is 1.00 bits per heavy atom. The van der Waals surface area contributed by atoms with Gasteiger partial charge in [0.2, 0.25) is 10.0 Å². The van der Waals surface area contributed by atoms with E-state index in [1.54, 1.807) is 6.07 Å². The SMILES string of the molecule is O=C(COc1ccccc1F)NCCCS(=O)(=O)N1CCN(c2ccccc2)CC1. The molecule has 1 saturated heterocycles. The molecule has 0 bridgehead atoms. The number of anilines is 1. The number of carbonyl (C=O) groups excluding carboxylic acids is 1. The van der Waals surface area contributed by atoms with Gasteiger partial charge in [0.1, 0.15) is 0 Å². The maximum absolute atomic E-state index is 13.4. The van der Waals surface area contributed by atoms with Crippen LogP contribution in [0.5, 0.6) is 5.75 Å². The summed E-state index contributed by atoms with van der Waals surface area (Å²) in [5.41, 5.74) is 1.09. The van der Waals surface area contributed by atoms with Crippen molar-refractivity contribution in [2.45, 2.75) is 6.42 Å². The molecule has 30 heavy (non-hydrogen) atoms. The van der Waals surface area contributed by atoms with Crippen LogP contribution in [-0.2, 0) is 14.8 Å². The van der Waals surface area contributed by atoms with Gasteiger partial charge in [0, 0.05) is 38.4 Å². The summed E-state index contributed by atoms with van der Waals surface area (Å²) in [6.45, 7) is 2.07. The third-order valence-corrected chi connectivity index (χ3v) is 6.81. The average Bonchev–Trinajstić information content (AvgIpc) is 2.77. The molecule has 1 heterocycles. The summed E-state index contributed by atoms with van der Waals surface area (Å²) in [7, 11) is -3.37. The minimum Gasteiger partial charge on any atom is -0.481 e. The predicted octanol–water partition coefficient (Wildman–Crippen LogP) is 1.86. The van der Waals surface area contributed by atoms with Crippen molar-refractivity contribution >= 4 is 21.6 Å². The Labute approximate surface area is 176 Å². The van der Waals surface area contributed by atoms with E-state index >= 15 is 0 Å². The Hall–Kier alpha value is -2.65. The number of amides is 1. The molecule has 0 radical (unpaired) electrons. The van der Waals surface area contributed by atoms with Crippen molar-refractivity contribution < 1.29 is 22.3 Å². The second-order valence-electron chi connectivity index (χ2n) is 6.96. The van der Waals surface area contributed by atoms with Gasteiger partial charge in [-0.25, -0.2) is 12.8 Å². The zero-order chi connectivity index (χ0) is 21.4. The lowest BCUT2D eigenvalue weighted by atomic mass is 10.2. The van der Waals surface area contributed by atoms with Crippen LogP contribution < -0.4 is 15.0 Å². The molecule has 9 heteroatoms. The van der Waals surface area contributed by atoms with E-state index in [0.29, 0.717) is 32.6 Å². The first-order valence-electron chi connectivity index (χ1n) is 9.87. The Morgan fingerprint density at radius 2 is 1.67 bits per heavy atom. The van der Waals surface area contributed by atoms with Gasteiger partial charge in [-0.3, -0.25) is 4.79 Å². The van der Waals surface area contributed by atoms with E-state index in [-0.39, 0.29) is 24.7 Å². The molecule has 0 aromatic heterocycles. The summed E-state index contributed by atoms with van der Waals surface area (Å²) >= 11 is 0. The van der Waals surface area contributed by atoms with E-state index in [2.05, 4.69) is 10.2 Å². The number of para-hydroxylation sites is 2. The van der Waals surface area contributed by atoms with E-state index in [4.69, 9.17) is 4.74 Å². The topological polar surface area (TPSA) is 78.9 Å². The van der Waals surface area contributed by atoms with Crippen LogP contribution in [0.4, 0.5) is 10.1 Å². The lowest BCUT2D eigenvalue weighted by Crippen LogP contribution is -2.49. The molecule has 3 rings (SSSR count). The zero-order valence-corrected chi connectivity index (χ0v) is 17.5. The predicted molar refractivity (Wildman–Crippen MR) is 114 cm³/mol. The fourth-order valence-electron chi connectivity index (χ4n) is 3.23. The number of hydrogen-bond donors (Lipinski definition) is 1. The number of nitrogens with zero attached hydrogens (tertiary/aromatic N) is 2. The van der Waals surface area contributed by atoms with Crippen molar-refractivity contribution in [1.29, 1.82) is 0 Å². The number of carbonyl (C=O) groups is 1. The highest BCUT2D eigenvalue weighted by molar-refractivity contribution is 7.89. The summed E-state index contributed by atoms with van der Waals surface area (Å²) in [5.74, 6) is -0.993. The fraction of sp³-hybridized carbons (Fsp3) is 0.381. The number of rotatable bonds is 9. The van der Waals surface area contributed by atoms with Crippen LogP contribution in [0.1, 0.15) is 6.42 Å². The summed E-state index contributed by atoms with van der Waals surface area (Å²) in [5, 5.41) is 2.60. The molecule has 0 atom stereocenters. The summed E-state index contributed by atoms with van der Waals surface area (Å²) in [6.07, 6.45) is 0.298. The Kier molecular flexibility index (Phi) is 7.64. The monoisotopic (exact) mass is 435 g/mol. The molecular weight excluding hydrogens is 409 g/mol. The standard InChI is InChI=1S/C21H26FN3O4S/c22-19-9-4-5-10-20(19)29-17-21(26)23-11-6-16-30(27,28)25-14-12-24(13-15-25)18-7-2-1-3-8-18/h1-5,7-10H,6,11-17H2,(H,23,26). The number of sulfonamides is 1. The number of piperazine rings is 1. The van der Waals surface area contributed by atoms with Crippen LogP contribution in [0.2, 0.25) is 0 Å². The van der Waals surface area contributed by atoms with Crippen molar-refractivity contribution in [3.8, 4) is 5.75 Å². The van der Waals surface area contributed by atoms with Crippen molar-refractivity contribution in [3.63, 3.8) is 0 Å². The van der Waals surface area contributed by atoms with Crippen LogP contribution in [0.25, 0.3) is 0 Å². The highest BCUT2D eigenvalue weighted by atomic mass is 32.2. The molecule has 1 amide bonds. The third kappa shape index (κ3) is 6.17. The first kappa shape index (κ1) is 22.0. The van der Waals surface area contributed by atoms with Crippen LogP contribution in [0.3, 0.4) is 0 Å². The molecular formula is C21H26FN3O4S. The number of benzene rings is 2. The van der Waals surface area contributed by atoms with E-state index in [9.17, 15) is 17.6 Å². The molecule has 0 saturated carbocycles. The molecule has 1 N–H and O–H groups in total. The smallest absolute Gasteiger partial charge is 0.257 e. The lowest BCUT2D eigenvalue weighted by molar-refractivity contribution is -0.123. The number of halogens is 1. The maximum atomic E-state index is 13.4. The normalized spacial score (nSPS) is 15.0. The first-order valence-corrected chi connectivity index (χ1v) is 11.5. The highest BCUT2D eigenvalue weighted by Gasteiger charge is 2.26.